The van der Waals surface area contributed by atoms with Crippen LogP contribution in [0.25, 0.3) is 0 Å². The molecule has 0 heterocycles. The summed E-state index contributed by atoms with van der Waals surface area (Å²) in [4.78, 5) is 5.15. The highest BCUT2D eigenvalue weighted by molar-refractivity contribution is 7.98. The first-order valence-electron chi connectivity index (χ1n) is 4.52. The normalized spacial score (nSPS) is 11.4. The summed E-state index contributed by atoms with van der Waals surface area (Å²) in [7, 11) is 0. The molecule has 0 aliphatic rings. The van der Waals surface area contributed by atoms with E-state index in [0.29, 0.717) is 12.5 Å². The van der Waals surface area contributed by atoms with E-state index in [-0.39, 0.29) is 0 Å². The second-order valence-electron chi connectivity index (χ2n) is 2.88. The molecular formula is C10H15N3S. The topological polar surface area (TPSA) is 50.4 Å². The molecule has 3 N–H and O–H groups in total. The van der Waals surface area contributed by atoms with E-state index in [1.807, 2.05) is 19.1 Å². The Hall–Kier alpha value is -1.16. The lowest BCUT2D eigenvalue weighted by Gasteiger charge is -2.03. The molecule has 0 bridgehead atoms. The Morgan fingerprint density at radius 1 is 1.43 bits per heavy atom. The zero-order valence-electron chi connectivity index (χ0n) is 8.45. The summed E-state index contributed by atoms with van der Waals surface area (Å²) in [6, 6.07) is 8.23. The monoisotopic (exact) mass is 209 g/mol. The van der Waals surface area contributed by atoms with Crippen molar-refractivity contribution in [2.45, 2.75) is 18.7 Å². The van der Waals surface area contributed by atoms with Gasteiger partial charge < -0.3 is 5.73 Å². The minimum Gasteiger partial charge on any atom is -0.369 e. The van der Waals surface area contributed by atoms with Crippen LogP contribution in [0.15, 0.2) is 34.2 Å². The predicted molar refractivity (Wildman–Crippen MR) is 62.3 cm³/mol. The van der Waals surface area contributed by atoms with E-state index >= 15 is 0 Å². The third-order valence-corrected chi connectivity index (χ3v) is 2.44. The molecule has 3 nitrogen and oxygen atoms in total. The quantitative estimate of drug-likeness (QED) is 0.454. The number of guanidine groups is 1. The maximum absolute atomic E-state index is 5.58. The Bertz CT molecular complexity index is 306. The highest BCUT2D eigenvalue weighted by Gasteiger charge is 1.94. The Morgan fingerprint density at radius 3 is 2.64 bits per heavy atom. The number of nitrogens with zero attached hydrogens (tertiary/aromatic N) is 1. The van der Waals surface area contributed by atoms with Crippen LogP contribution in [0.1, 0.15) is 12.5 Å². The minimum atomic E-state index is 0.470. The van der Waals surface area contributed by atoms with Crippen molar-refractivity contribution in [2.24, 2.45) is 10.7 Å². The van der Waals surface area contributed by atoms with Crippen LogP contribution in [0.2, 0.25) is 0 Å². The van der Waals surface area contributed by atoms with E-state index < -0.39 is 0 Å². The SMILES string of the molecule is CCN=C(N)NSc1ccc(C)cc1. The first-order chi connectivity index (χ1) is 6.72. The first-order valence-corrected chi connectivity index (χ1v) is 5.33. The van der Waals surface area contributed by atoms with E-state index in [9.17, 15) is 0 Å². The van der Waals surface area contributed by atoms with Crippen LogP contribution in [0, 0.1) is 6.92 Å². The summed E-state index contributed by atoms with van der Waals surface area (Å²) in [5.41, 5.74) is 6.83. The number of rotatable bonds is 3. The molecule has 4 heteroatoms. The maximum atomic E-state index is 5.58. The van der Waals surface area contributed by atoms with E-state index in [1.165, 1.54) is 17.5 Å². The van der Waals surface area contributed by atoms with Crippen molar-refractivity contribution in [1.29, 1.82) is 0 Å². The van der Waals surface area contributed by atoms with Gasteiger partial charge in [-0.25, -0.2) is 0 Å². The second kappa shape index (κ2) is 5.54. The van der Waals surface area contributed by atoms with E-state index in [4.69, 9.17) is 5.73 Å². The first kappa shape index (κ1) is 10.9. The zero-order chi connectivity index (χ0) is 10.4. The molecule has 0 radical (unpaired) electrons. The molecule has 0 aliphatic carbocycles. The van der Waals surface area contributed by atoms with Crippen molar-refractivity contribution in [2.75, 3.05) is 6.54 Å². The lowest BCUT2D eigenvalue weighted by atomic mass is 10.2. The fourth-order valence-electron chi connectivity index (χ4n) is 0.920. The van der Waals surface area contributed by atoms with Gasteiger partial charge in [-0.15, -0.1) is 0 Å². The van der Waals surface area contributed by atoms with Gasteiger partial charge in [0.2, 0.25) is 0 Å². The molecular weight excluding hydrogens is 194 g/mol. The van der Waals surface area contributed by atoms with Crippen molar-refractivity contribution in [1.82, 2.24) is 4.72 Å². The average Bonchev–Trinajstić information content (AvgIpc) is 2.17. The molecule has 1 rings (SSSR count). The number of hydrogen-bond donors (Lipinski definition) is 2. The van der Waals surface area contributed by atoms with Crippen LogP contribution in [0.5, 0.6) is 0 Å². The van der Waals surface area contributed by atoms with Crippen LogP contribution < -0.4 is 10.5 Å². The number of aryl methyl sites for hydroxylation is 1. The third-order valence-electron chi connectivity index (χ3n) is 1.62. The molecule has 0 saturated carbocycles. The van der Waals surface area contributed by atoms with Crippen molar-refractivity contribution < 1.29 is 0 Å². The molecule has 14 heavy (non-hydrogen) atoms. The Kier molecular flexibility index (Phi) is 4.32. The smallest absolute Gasteiger partial charge is 0.199 e. The highest BCUT2D eigenvalue weighted by atomic mass is 32.2. The second-order valence-corrected chi connectivity index (χ2v) is 3.76. The summed E-state index contributed by atoms with van der Waals surface area (Å²) >= 11 is 1.47. The summed E-state index contributed by atoms with van der Waals surface area (Å²) in [5.74, 6) is 0.470. The Morgan fingerprint density at radius 2 is 2.07 bits per heavy atom. The van der Waals surface area contributed by atoms with Gasteiger partial charge in [0, 0.05) is 11.4 Å². The van der Waals surface area contributed by atoms with Crippen LogP contribution in [-0.4, -0.2) is 12.5 Å². The van der Waals surface area contributed by atoms with Crippen molar-refractivity contribution in [3.05, 3.63) is 29.8 Å². The predicted octanol–water partition coefficient (Wildman–Crippen LogP) is 1.93. The van der Waals surface area contributed by atoms with Gasteiger partial charge in [-0.2, -0.15) is 0 Å². The standard InChI is InChI=1S/C10H15N3S/c1-3-12-10(11)13-14-9-6-4-8(2)5-7-9/h4-7H,3H2,1-2H3,(H3,11,12,13). The number of aliphatic imine (C=N–C) groups is 1. The maximum Gasteiger partial charge on any atom is 0.199 e. The van der Waals surface area contributed by atoms with Crippen molar-refractivity contribution >= 4 is 17.9 Å². The highest BCUT2D eigenvalue weighted by Crippen LogP contribution is 2.14. The molecule has 1 aromatic carbocycles. The molecule has 0 atom stereocenters. The number of benzene rings is 1. The van der Waals surface area contributed by atoms with Gasteiger partial charge in [0.1, 0.15) is 0 Å². The minimum absolute atomic E-state index is 0.470. The molecule has 0 spiro atoms. The average molecular weight is 209 g/mol. The van der Waals surface area contributed by atoms with Crippen molar-refractivity contribution in [3.63, 3.8) is 0 Å². The summed E-state index contributed by atoms with van der Waals surface area (Å²) in [6.45, 7) is 4.72. The Balaban J connectivity index is 2.46. The number of nitrogens with one attached hydrogen (secondary N) is 1. The zero-order valence-corrected chi connectivity index (χ0v) is 9.27. The number of hydrogen-bond acceptors (Lipinski definition) is 2. The van der Waals surface area contributed by atoms with Crippen molar-refractivity contribution in [3.8, 4) is 0 Å². The van der Waals surface area contributed by atoms with E-state index in [0.717, 1.165) is 4.90 Å². The largest absolute Gasteiger partial charge is 0.369 e. The van der Waals surface area contributed by atoms with Gasteiger partial charge in [-0.1, -0.05) is 17.7 Å². The lowest BCUT2D eigenvalue weighted by molar-refractivity contribution is 1.10. The summed E-state index contributed by atoms with van der Waals surface area (Å²) < 4.78 is 2.96. The van der Waals surface area contributed by atoms with Gasteiger partial charge in [0.15, 0.2) is 5.96 Å². The molecule has 0 unspecified atom stereocenters. The van der Waals surface area contributed by atoms with Gasteiger partial charge >= 0.3 is 0 Å². The number of nitrogens with two attached hydrogens (primary N) is 1. The molecule has 1 aromatic rings. The van der Waals surface area contributed by atoms with Crippen LogP contribution in [-0.2, 0) is 0 Å². The fraction of sp³-hybridized carbons (Fsp3) is 0.300. The Labute approximate surface area is 88.9 Å². The molecule has 0 aromatic heterocycles. The van der Waals surface area contributed by atoms with Crippen LogP contribution in [0.3, 0.4) is 0 Å². The van der Waals surface area contributed by atoms with E-state index in [2.05, 4.69) is 28.8 Å². The molecule has 0 saturated heterocycles. The van der Waals surface area contributed by atoms with E-state index in [1.54, 1.807) is 0 Å². The van der Waals surface area contributed by atoms with Gasteiger partial charge in [-0.3, -0.25) is 9.71 Å². The molecule has 0 amide bonds. The lowest BCUT2D eigenvalue weighted by Crippen LogP contribution is -2.25. The van der Waals surface area contributed by atoms with Crippen LogP contribution in [0.4, 0.5) is 0 Å². The summed E-state index contributed by atoms with van der Waals surface area (Å²) in [5, 5.41) is 0. The van der Waals surface area contributed by atoms with Crippen LogP contribution >= 0.6 is 11.9 Å². The molecule has 76 valence electrons. The molecule has 0 aliphatic heterocycles. The third kappa shape index (κ3) is 3.70. The fourth-order valence-corrected chi connectivity index (χ4v) is 1.48. The van der Waals surface area contributed by atoms with Gasteiger partial charge in [0.05, 0.1) is 0 Å². The molecule has 0 fully saturated rings. The summed E-state index contributed by atoms with van der Waals surface area (Å²) in [6.07, 6.45) is 0. The van der Waals surface area contributed by atoms with Gasteiger partial charge in [0.25, 0.3) is 0 Å². The van der Waals surface area contributed by atoms with Gasteiger partial charge in [-0.05, 0) is 37.9 Å².